The van der Waals surface area contributed by atoms with Crippen LogP contribution in [0.4, 0.5) is 0 Å². The van der Waals surface area contributed by atoms with E-state index in [9.17, 15) is 0 Å². The Balaban J connectivity index is 1.70. The van der Waals surface area contributed by atoms with Crippen LogP contribution in [0.1, 0.15) is 11.1 Å². The molecule has 0 unspecified atom stereocenters. The van der Waals surface area contributed by atoms with Gasteiger partial charge in [-0.25, -0.2) is 0 Å². The summed E-state index contributed by atoms with van der Waals surface area (Å²) in [5.41, 5.74) is 2.58. The molecule has 0 aliphatic rings. The van der Waals surface area contributed by atoms with Crippen molar-refractivity contribution in [2.75, 3.05) is 6.61 Å². The Morgan fingerprint density at radius 2 is 1.88 bits per heavy atom. The molecule has 0 atom stereocenters. The Labute approximate surface area is 108 Å². The standard InChI is InChI=1S/C13H13BrOS/c14-13-3-1-11(2-4-13)9-15-7-5-12-6-8-16-10-12/h1-4,6,8,10H,5,7,9H2. The Morgan fingerprint density at radius 1 is 1.06 bits per heavy atom. The molecule has 1 nitrogen and oxygen atoms in total. The van der Waals surface area contributed by atoms with Crippen LogP contribution in [0.3, 0.4) is 0 Å². The minimum absolute atomic E-state index is 0.692. The number of ether oxygens (including phenoxy) is 1. The molecule has 0 aliphatic heterocycles. The van der Waals surface area contributed by atoms with Crippen molar-refractivity contribution >= 4 is 27.3 Å². The lowest BCUT2D eigenvalue weighted by Gasteiger charge is -2.03. The Bertz CT molecular complexity index is 408. The molecule has 1 aromatic heterocycles. The molecular formula is C13H13BrOS. The van der Waals surface area contributed by atoms with Crippen LogP contribution in [-0.2, 0) is 17.8 Å². The Hall–Kier alpha value is -0.640. The summed E-state index contributed by atoms with van der Waals surface area (Å²) < 4.78 is 6.73. The normalized spacial score (nSPS) is 10.6. The maximum absolute atomic E-state index is 5.62. The van der Waals surface area contributed by atoms with Gasteiger partial charge in [-0.05, 0) is 46.5 Å². The molecule has 0 saturated heterocycles. The van der Waals surface area contributed by atoms with Gasteiger partial charge in [0.15, 0.2) is 0 Å². The lowest BCUT2D eigenvalue weighted by Crippen LogP contribution is -1.98. The highest BCUT2D eigenvalue weighted by Crippen LogP contribution is 2.11. The minimum Gasteiger partial charge on any atom is -0.376 e. The summed E-state index contributed by atoms with van der Waals surface area (Å²) in [5, 5.41) is 4.27. The summed E-state index contributed by atoms with van der Waals surface area (Å²) >= 11 is 5.15. The summed E-state index contributed by atoms with van der Waals surface area (Å²) in [6, 6.07) is 10.4. The molecule has 0 amide bonds. The van der Waals surface area contributed by atoms with Gasteiger partial charge in [0.25, 0.3) is 0 Å². The van der Waals surface area contributed by atoms with Gasteiger partial charge in [-0.15, -0.1) is 0 Å². The lowest BCUT2D eigenvalue weighted by molar-refractivity contribution is 0.124. The van der Waals surface area contributed by atoms with Gasteiger partial charge in [-0.1, -0.05) is 28.1 Å². The molecule has 0 spiro atoms. The van der Waals surface area contributed by atoms with E-state index >= 15 is 0 Å². The van der Waals surface area contributed by atoms with Crippen LogP contribution in [-0.4, -0.2) is 6.61 Å². The lowest BCUT2D eigenvalue weighted by atomic mass is 10.2. The van der Waals surface area contributed by atoms with Crippen molar-refractivity contribution in [2.45, 2.75) is 13.0 Å². The van der Waals surface area contributed by atoms with Gasteiger partial charge in [-0.3, -0.25) is 0 Å². The van der Waals surface area contributed by atoms with Gasteiger partial charge >= 0.3 is 0 Å². The van der Waals surface area contributed by atoms with Gasteiger partial charge in [0.1, 0.15) is 0 Å². The number of thiophene rings is 1. The maximum atomic E-state index is 5.62. The molecule has 1 aromatic carbocycles. The van der Waals surface area contributed by atoms with E-state index in [-0.39, 0.29) is 0 Å². The van der Waals surface area contributed by atoms with E-state index in [2.05, 4.69) is 44.9 Å². The van der Waals surface area contributed by atoms with Crippen LogP contribution in [0.15, 0.2) is 45.6 Å². The zero-order valence-corrected chi connectivity index (χ0v) is 11.3. The second-order valence-electron chi connectivity index (χ2n) is 3.56. The van der Waals surface area contributed by atoms with Crippen molar-refractivity contribution in [3.8, 4) is 0 Å². The van der Waals surface area contributed by atoms with Gasteiger partial charge < -0.3 is 4.74 Å². The van der Waals surface area contributed by atoms with Crippen LogP contribution in [0.5, 0.6) is 0 Å². The second kappa shape index (κ2) is 6.18. The van der Waals surface area contributed by atoms with E-state index in [1.807, 2.05) is 12.1 Å². The van der Waals surface area contributed by atoms with Gasteiger partial charge in [-0.2, -0.15) is 11.3 Å². The van der Waals surface area contributed by atoms with E-state index < -0.39 is 0 Å². The fraction of sp³-hybridized carbons (Fsp3) is 0.231. The van der Waals surface area contributed by atoms with Gasteiger partial charge in [0.2, 0.25) is 0 Å². The highest BCUT2D eigenvalue weighted by atomic mass is 79.9. The van der Waals surface area contributed by atoms with Crippen LogP contribution >= 0.6 is 27.3 Å². The molecule has 0 fully saturated rings. The molecule has 0 radical (unpaired) electrons. The highest BCUT2D eigenvalue weighted by molar-refractivity contribution is 9.10. The van der Waals surface area contributed by atoms with E-state index in [1.165, 1.54) is 11.1 Å². The monoisotopic (exact) mass is 296 g/mol. The van der Waals surface area contributed by atoms with Crippen LogP contribution in [0, 0.1) is 0 Å². The largest absolute Gasteiger partial charge is 0.376 e. The zero-order valence-electron chi connectivity index (χ0n) is 8.86. The minimum atomic E-state index is 0.692. The van der Waals surface area contributed by atoms with E-state index in [0.29, 0.717) is 6.61 Å². The summed E-state index contributed by atoms with van der Waals surface area (Å²) in [4.78, 5) is 0. The van der Waals surface area contributed by atoms with Crippen molar-refractivity contribution in [1.29, 1.82) is 0 Å². The maximum Gasteiger partial charge on any atom is 0.0717 e. The first kappa shape index (κ1) is 11.8. The molecule has 0 N–H and O–H groups in total. The number of rotatable bonds is 5. The van der Waals surface area contributed by atoms with E-state index in [0.717, 1.165) is 17.5 Å². The third kappa shape index (κ3) is 3.74. The molecular weight excluding hydrogens is 284 g/mol. The van der Waals surface area contributed by atoms with Crippen molar-refractivity contribution in [3.63, 3.8) is 0 Å². The van der Waals surface area contributed by atoms with Crippen LogP contribution in [0.2, 0.25) is 0 Å². The fourth-order valence-electron chi connectivity index (χ4n) is 1.40. The smallest absolute Gasteiger partial charge is 0.0717 e. The summed E-state index contributed by atoms with van der Waals surface area (Å²) in [6.45, 7) is 1.48. The molecule has 0 bridgehead atoms. The number of hydrogen-bond acceptors (Lipinski definition) is 2. The second-order valence-corrected chi connectivity index (χ2v) is 5.26. The predicted molar refractivity (Wildman–Crippen MR) is 71.8 cm³/mol. The Morgan fingerprint density at radius 3 is 2.56 bits per heavy atom. The summed E-state index contributed by atoms with van der Waals surface area (Å²) in [7, 11) is 0. The zero-order chi connectivity index (χ0) is 11.2. The number of benzene rings is 1. The highest BCUT2D eigenvalue weighted by Gasteiger charge is 1.95. The summed E-state index contributed by atoms with van der Waals surface area (Å²) in [6.07, 6.45) is 1.00. The first-order chi connectivity index (χ1) is 7.84. The molecule has 2 rings (SSSR count). The van der Waals surface area contributed by atoms with Gasteiger partial charge in [0.05, 0.1) is 13.2 Å². The molecule has 3 heteroatoms. The van der Waals surface area contributed by atoms with Crippen LogP contribution in [0.25, 0.3) is 0 Å². The quantitative estimate of drug-likeness (QED) is 0.749. The molecule has 1 heterocycles. The molecule has 84 valence electrons. The van der Waals surface area contributed by atoms with E-state index in [4.69, 9.17) is 4.74 Å². The first-order valence-corrected chi connectivity index (χ1v) is 6.91. The fourth-order valence-corrected chi connectivity index (χ4v) is 2.36. The molecule has 0 aliphatic carbocycles. The van der Waals surface area contributed by atoms with E-state index in [1.54, 1.807) is 11.3 Å². The Kier molecular flexibility index (Phi) is 4.57. The average Bonchev–Trinajstić information content (AvgIpc) is 2.80. The number of halogens is 1. The molecule has 16 heavy (non-hydrogen) atoms. The van der Waals surface area contributed by atoms with Crippen molar-refractivity contribution in [3.05, 3.63) is 56.7 Å². The summed E-state index contributed by atoms with van der Waals surface area (Å²) in [5.74, 6) is 0. The van der Waals surface area contributed by atoms with Crippen molar-refractivity contribution < 1.29 is 4.74 Å². The SMILES string of the molecule is Brc1ccc(COCCc2ccsc2)cc1. The molecule has 0 saturated carbocycles. The van der Waals surface area contributed by atoms with Crippen LogP contribution < -0.4 is 0 Å². The third-order valence-electron chi connectivity index (χ3n) is 2.30. The van der Waals surface area contributed by atoms with Crippen molar-refractivity contribution in [1.82, 2.24) is 0 Å². The van der Waals surface area contributed by atoms with Crippen molar-refractivity contribution in [2.24, 2.45) is 0 Å². The first-order valence-electron chi connectivity index (χ1n) is 5.18. The van der Waals surface area contributed by atoms with Gasteiger partial charge in [0, 0.05) is 4.47 Å². The third-order valence-corrected chi connectivity index (χ3v) is 3.56. The predicted octanol–water partition coefficient (Wildman–Crippen LogP) is 4.27. The molecule has 2 aromatic rings. The average molecular weight is 297 g/mol. The number of hydrogen-bond donors (Lipinski definition) is 0. The topological polar surface area (TPSA) is 9.23 Å².